The molecule has 1 N–H and O–H groups in total. The third kappa shape index (κ3) is 3.61. The lowest BCUT2D eigenvalue weighted by atomic mass is 10.2. The molecule has 1 unspecified atom stereocenters. The first-order valence-corrected chi connectivity index (χ1v) is 7.37. The maximum absolute atomic E-state index is 12.4. The highest BCUT2D eigenvalue weighted by atomic mass is 31.2. The van der Waals surface area contributed by atoms with Gasteiger partial charge in [-0.25, -0.2) is 0 Å². The van der Waals surface area contributed by atoms with E-state index >= 15 is 0 Å². The Morgan fingerprint density at radius 3 is 2.32 bits per heavy atom. The van der Waals surface area contributed by atoms with Crippen LogP contribution in [0.2, 0.25) is 0 Å². The minimum Gasteiger partial charge on any atom is -0.376 e. The predicted octanol–water partition coefficient (Wildman–Crippen LogP) is 2.85. The van der Waals surface area contributed by atoms with E-state index in [0.717, 1.165) is 0 Å². The van der Waals surface area contributed by atoms with Crippen LogP contribution >= 0.6 is 7.60 Å². The van der Waals surface area contributed by atoms with Crippen LogP contribution in [0.1, 0.15) is 25.3 Å². The van der Waals surface area contributed by atoms with Gasteiger partial charge in [0.1, 0.15) is 0 Å². The molecule has 0 amide bonds. The number of nitro groups is 1. The molecule has 0 radical (unpaired) electrons. The number of benzene rings is 1. The van der Waals surface area contributed by atoms with Gasteiger partial charge < -0.3 is 14.2 Å². The zero-order valence-electron chi connectivity index (χ0n) is 10.7. The summed E-state index contributed by atoms with van der Waals surface area (Å²) >= 11 is 0. The Labute approximate surface area is 110 Å². The number of para-hydroxylation sites is 1. The Hall–Kier alpha value is -1.27. The van der Waals surface area contributed by atoms with E-state index in [0.29, 0.717) is 0 Å². The summed E-state index contributed by atoms with van der Waals surface area (Å²) in [5.74, 6) is -1.69. The molecule has 0 aromatic heterocycles. The number of hydrogen-bond donors (Lipinski definition) is 1. The molecule has 0 spiro atoms. The van der Waals surface area contributed by atoms with Crippen molar-refractivity contribution in [2.45, 2.75) is 19.7 Å². The highest BCUT2D eigenvalue weighted by Gasteiger charge is 2.38. The van der Waals surface area contributed by atoms with Crippen LogP contribution in [0.5, 0.6) is 0 Å². The summed E-state index contributed by atoms with van der Waals surface area (Å²) < 4.78 is 22.3. The van der Waals surface area contributed by atoms with Gasteiger partial charge in [0.05, 0.1) is 23.7 Å². The molecule has 1 rings (SSSR count). The SMILES string of the molecule is CCOP(=O)(OCC)C(O)c1ccccc1[N+](=O)[O-]. The van der Waals surface area contributed by atoms with Crippen LogP contribution < -0.4 is 0 Å². The molecular weight excluding hydrogens is 273 g/mol. The number of rotatable bonds is 7. The quantitative estimate of drug-likeness (QED) is 0.470. The minimum atomic E-state index is -3.85. The van der Waals surface area contributed by atoms with Crippen molar-refractivity contribution < 1.29 is 23.6 Å². The standard InChI is InChI=1S/C11H16NO6P/c1-3-17-19(16,18-4-2)11(13)9-7-5-6-8-10(9)12(14)15/h5-8,11,13H,3-4H2,1-2H3. The molecule has 19 heavy (non-hydrogen) atoms. The number of hydrogen-bond acceptors (Lipinski definition) is 6. The zero-order chi connectivity index (χ0) is 14.5. The molecule has 1 aromatic carbocycles. The molecular formula is C11H16NO6P. The Kier molecular flexibility index (Phi) is 5.62. The fourth-order valence-electron chi connectivity index (χ4n) is 1.58. The first-order valence-electron chi connectivity index (χ1n) is 5.76. The highest BCUT2D eigenvalue weighted by molar-refractivity contribution is 7.54. The van der Waals surface area contributed by atoms with Crippen molar-refractivity contribution in [3.8, 4) is 0 Å². The van der Waals surface area contributed by atoms with Crippen LogP contribution in [-0.2, 0) is 13.6 Å². The first kappa shape index (κ1) is 15.8. The fraction of sp³-hybridized carbons (Fsp3) is 0.455. The normalized spacial score (nSPS) is 13.2. The van der Waals surface area contributed by atoms with Gasteiger partial charge >= 0.3 is 7.60 Å². The number of aliphatic hydroxyl groups is 1. The van der Waals surface area contributed by atoms with Crippen molar-refractivity contribution in [1.29, 1.82) is 0 Å². The molecule has 8 heteroatoms. The molecule has 0 aliphatic heterocycles. The number of nitro benzene ring substituents is 1. The van der Waals surface area contributed by atoms with Gasteiger partial charge in [-0.15, -0.1) is 0 Å². The third-order valence-electron chi connectivity index (χ3n) is 2.33. The average molecular weight is 289 g/mol. The summed E-state index contributed by atoms with van der Waals surface area (Å²) in [4.78, 5) is 10.2. The van der Waals surface area contributed by atoms with Gasteiger partial charge in [0.25, 0.3) is 5.69 Å². The average Bonchev–Trinajstić information content (AvgIpc) is 2.38. The zero-order valence-corrected chi connectivity index (χ0v) is 11.6. The van der Waals surface area contributed by atoms with Gasteiger partial charge in [-0.3, -0.25) is 14.7 Å². The second-order valence-corrected chi connectivity index (χ2v) is 5.65. The topological polar surface area (TPSA) is 98.9 Å². The molecule has 0 aliphatic carbocycles. The third-order valence-corrected chi connectivity index (χ3v) is 4.44. The monoisotopic (exact) mass is 289 g/mol. The van der Waals surface area contributed by atoms with Crippen molar-refractivity contribution in [3.05, 3.63) is 39.9 Å². The smallest absolute Gasteiger partial charge is 0.363 e. The summed E-state index contributed by atoms with van der Waals surface area (Å²) in [5, 5.41) is 21.0. The second-order valence-electron chi connectivity index (χ2n) is 3.56. The van der Waals surface area contributed by atoms with E-state index in [-0.39, 0.29) is 24.5 Å². The minimum absolute atomic E-state index is 0.0645. The largest absolute Gasteiger partial charge is 0.376 e. The maximum atomic E-state index is 12.4. The van der Waals surface area contributed by atoms with E-state index in [1.165, 1.54) is 24.3 Å². The van der Waals surface area contributed by atoms with Gasteiger partial charge in [0, 0.05) is 6.07 Å². The van der Waals surface area contributed by atoms with Crippen LogP contribution in [0.25, 0.3) is 0 Å². The van der Waals surface area contributed by atoms with E-state index in [1.54, 1.807) is 13.8 Å². The lowest BCUT2D eigenvalue weighted by Gasteiger charge is -2.22. The van der Waals surface area contributed by atoms with Gasteiger partial charge in [0.15, 0.2) is 5.85 Å². The lowest BCUT2D eigenvalue weighted by molar-refractivity contribution is -0.386. The van der Waals surface area contributed by atoms with E-state index in [2.05, 4.69) is 0 Å². The Bertz CT molecular complexity index is 482. The summed E-state index contributed by atoms with van der Waals surface area (Å²) in [5.41, 5.74) is -0.410. The summed E-state index contributed by atoms with van der Waals surface area (Å²) in [6.45, 7) is 3.32. The van der Waals surface area contributed by atoms with Crippen molar-refractivity contribution in [2.24, 2.45) is 0 Å². The van der Waals surface area contributed by atoms with Crippen LogP contribution in [0.15, 0.2) is 24.3 Å². The van der Waals surface area contributed by atoms with Crippen LogP contribution in [0.4, 0.5) is 5.69 Å². The van der Waals surface area contributed by atoms with Crippen LogP contribution in [-0.4, -0.2) is 23.2 Å². The maximum Gasteiger partial charge on any atom is 0.363 e. The van der Waals surface area contributed by atoms with Gasteiger partial charge in [0.2, 0.25) is 0 Å². The molecule has 0 aliphatic rings. The number of aliphatic hydroxyl groups excluding tert-OH is 1. The molecule has 0 saturated carbocycles. The van der Waals surface area contributed by atoms with Gasteiger partial charge in [-0.1, -0.05) is 12.1 Å². The van der Waals surface area contributed by atoms with E-state index < -0.39 is 18.4 Å². The highest BCUT2D eigenvalue weighted by Crippen LogP contribution is 2.60. The molecule has 0 heterocycles. The van der Waals surface area contributed by atoms with E-state index in [1.807, 2.05) is 0 Å². The van der Waals surface area contributed by atoms with Gasteiger partial charge in [-0.2, -0.15) is 0 Å². The van der Waals surface area contributed by atoms with Crippen molar-refractivity contribution in [3.63, 3.8) is 0 Å². The van der Waals surface area contributed by atoms with Crippen molar-refractivity contribution in [1.82, 2.24) is 0 Å². The fourth-order valence-corrected chi connectivity index (χ4v) is 3.22. The van der Waals surface area contributed by atoms with E-state index in [4.69, 9.17) is 9.05 Å². The first-order chi connectivity index (χ1) is 8.96. The van der Waals surface area contributed by atoms with Crippen molar-refractivity contribution >= 4 is 13.3 Å². The van der Waals surface area contributed by atoms with Gasteiger partial charge in [-0.05, 0) is 19.9 Å². The molecule has 7 nitrogen and oxygen atoms in total. The van der Waals surface area contributed by atoms with E-state index in [9.17, 15) is 19.8 Å². The van der Waals surface area contributed by atoms with Crippen LogP contribution in [0.3, 0.4) is 0 Å². The van der Waals surface area contributed by atoms with Crippen LogP contribution in [0, 0.1) is 10.1 Å². The molecule has 1 aromatic rings. The summed E-state index contributed by atoms with van der Waals surface area (Å²) in [6, 6.07) is 5.52. The summed E-state index contributed by atoms with van der Waals surface area (Å²) in [7, 11) is -3.85. The Morgan fingerprint density at radius 1 is 1.32 bits per heavy atom. The number of nitrogens with zero attached hydrogens (tertiary/aromatic N) is 1. The molecule has 1 atom stereocenters. The Balaban J connectivity index is 3.20. The molecule has 0 saturated heterocycles. The summed E-state index contributed by atoms with van der Waals surface area (Å²) in [6.07, 6.45) is 0. The molecule has 106 valence electrons. The predicted molar refractivity (Wildman–Crippen MR) is 68.9 cm³/mol. The molecule has 0 bridgehead atoms. The second kappa shape index (κ2) is 6.77. The lowest BCUT2D eigenvalue weighted by Crippen LogP contribution is -2.08. The van der Waals surface area contributed by atoms with Crippen molar-refractivity contribution in [2.75, 3.05) is 13.2 Å². The Morgan fingerprint density at radius 2 is 1.84 bits per heavy atom. The molecule has 0 fully saturated rings.